The number of nitrogens with two attached hydrogens (primary N) is 1. The molecule has 92 valence electrons. The molecule has 0 aromatic heterocycles. The first kappa shape index (κ1) is 12.9. The minimum Gasteiger partial charge on any atom is -0.456 e. The highest BCUT2D eigenvalue weighted by Gasteiger charge is 2.08. The molecule has 18 heavy (non-hydrogen) atoms. The van der Waals surface area contributed by atoms with Crippen molar-refractivity contribution in [2.75, 3.05) is 0 Å². The minimum atomic E-state index is 0.317. The van der Waals surface area contributed by atoms with Crippen LogP contribution in [0.25, 0.3) is 0 Å². The minimum absolute atomic E-state index is 0.317. The third-order valence-electron chi connectivity index (χ3n) is 2.51. The second kappa shape index (κ2) is 5.38. The van der Waals surface area contributed by atoms with Crippen LogP contribution in [0.3, 0.4) is 0 Å². The summed E-state index contributed by atoms with van der Waals surface area (Å²) in [6.45, 7) is 1.94. The van der Waals surface area contributed by atoms with Gasteiger partial charge in [0.1, 0.15) is 16.5 Å². The van der Waals surface area contributed by atoms with Gasteiger partial charge in [-0.1, -0.05) is 36.0 Å². The second-order valence-electron chi connectivity index (χ2n) is 3.87. The van der Waals surface area contributed by atoms with Crippen molar-refractivity contribution in [2.45, 2.75) is 6.92 Å². The Morgan fingerprint density at radius 1 is 1.17 bits per heavy atom. The fraction of sp³-hybridized carbons (Fsp3) is 0.0714. The van der Waals surface area contributed by atoms with Crippen molar-refractivity contribution in [1.82, 2.24) is 0 Å². The van der Waals surface area contributed by atoms with Gasteiger partial charge in [-0.25, -0.2) is 0 Å². The van der Waals surface area contributed by atoms with Crippen molar-refractivity contribution < 1.29 is 4.74 Å². The first-order valence-electron chi connectivity index (χ1n) is 5.41. The molecular formula is C14H12ClNOS. The average molecular weight is 278 g/mol. The van der Waals surface area contributed by atoms with E-state index in [1.165, 1.54) is 0 Å². The van der Waals surface area contributed by atoms with Crippen LogP contribution in [-0.4, -0.2) is 4.99 Å². The van der Waals surface area contributed by atoms with Gasteiger partial charge in [0, 0.05) is 5.02 Å². The van der Waals surface area contributed by atoms with Gasteiger partial charge < -0.3 is 10.5 Å². The van der Waals surface area contributed by atoms with Crippen LogP contribution in [0.2, 0.25) is 5.02 Å². The molecule has 0 aliphatic carbocycles. The van der Waals surface area contributed by atoms with Crippen LogP contribution in [0.5, 0.6) is 11.5 Å². The largest absolute Gasteiger partial charge is 0.456 e. The topological polar surface area (TPSA) is 35.2 Å². The van der Waals surface area contributed by atoms with Crippen LogP contribution < -0.4 is 10.5 Å². The fourth-order valence-corrected chi connectivity index (χ4v) is 2.00. The Labute approximate surface area is 116 Å². The van der Waals surface area contributed by atoms with Crippen molar-refractivity contribution in [1.29, 1.82) is 0 Å². The summed E-state index contributed by atoms with van der Waals surface area (Å²) >= 11 is 10.9. The predicted molar refractivity (Wildman–Crippen MR) is 78.6 cm³/mol. The van der Waals surface area contributed by atoms with E-state index in [-0.39, 0.29) is 0 Å². The molecule has 0 fully saturated rings. The number of benzene rings is 2. The number of ether oxygens (including phenoxy) is 1. The number of halogens is 1. The van der Waals surface area contributed by atoms with Gasteiger partial charge in [0.05, 0.1) is 5.56 Å². The Hall–Kier alpha value is -1.58. The molecule has 2 aromatic carbocycles. The molecule has 0 spiro atoms. The van der Waals surface area contributed by atoms with Gasteiger partial charge >= 0.3 is 0 Å². The SMILES string of the molecule is Cc1cc(Cl)ccc1Oc1ccccc1C(N)=S. The Balaban J connectivity index is 2.37. The maximum atomic E-state index is 5.91. The zero-order valence-electron chi connectivity index (χ0n) is 9.81. The fourth-order valence-electron chi connectivity index (χ4n) is 1.60. The van der Waals surface area contributed by atoms with Crippen LogP contribution in [0.4, 0.5) is 0 Å². The summed E-state index contributed by atoms with van der Waals surface area (Å²) in [4.78, 5) is 0.317. The van der Waals surface area contributed by atoms with Crippen LogP contribution >= 0.6 is 23.8 Å². The van der Waals surface area contributed by atoms with E-state index in [2.05, 4.69) is 0 Å². The molecule has 4 heteroatoms. The van der Waals surface area contributed by atoms with E-state index in [9.17, 15) is 0 Å². The molecule has 0 aliphatic rings. The maximum Gasteiger partial charge on any atom is 0.137 e. The van der Waals surface area contributed by atoms with E-state index in [1.807, 2.05) is 43.3 Å². The molecule has 0 bridgehead atoms. The molecule has 2 N–H and O–H groups in total. The van der Waals surface area contributed by atoms with E-state index in [0.717, 1.165) is 16.9 Å². The highest BCUT2D eigenvalue weighted by molar-refractivity contribution is 7.80. The molecular weight excluding hydrogens is 266 g/mol. The quantitative estimate of drug-likeness (QED) is 0.859. The monoisotopic (exact) mass is 277 g/mol. The smallest absolute Gasteiger partial charge is 0.137 e. The highest BCUT2D eigenvalue weighted by Crippen LogP contribution is 2.29. The summed E-state index contributed by atoms with van der Waals surface area (Å²) < 4.78 is 5.83. The molecule has 0 unspecified atom stereocenters. The first-order chi connectivity index (χ1) is 8.58. The Morgan fingerprint density at radius 3 is 2.56 bits per heavy atom. The molecule has 0 amide bonds. The Kier molecular flexibility index (Phi) is 3.84. The molecule has 0 saturated heterocycles. The standard InChI is InChI=1S/C14H12ClNOS/c1-9-8-10(15)6-7-12(9)17-13-5-3-2-4-11(13)14(16)18/h2-8H,1H3,(H2,16,18). The van der Waals surface area contributed by atoms with Crippen molar-refractivity contribution >= 4 is 28.8 Å². The molecule has 0 radical (unpaired) electrons. The van der Waals surface area contributed by atoms with Crippen molar-refractivity contribution in [3.05, 3.63) is 58.6 Å². The van der Waals surface area contributed by atoms with Gasteiger partial charge in [-0.2, -0.15) is 0 Å². The summed E-state index contributed by atoms with van der Waals surface area (Å²) in [5, 5.41) is 0.683. The molecule has 0 heterocycles. The molecule has 2 rings (SSSR count). The van der Waals surface area contributed by atoms with Gasteiger partial charge in [0.2, 0.25) is 0 Å². The van der Waals surface area contributed by atoms with E-state index in [1.54, 1.807) is 6.07 Å². The van der Waals surface area contributed by atoms with E-state index in [4.69, 9.17) is 34.3 Å². The molecule has 2 nitrogen and oxygen atoms in total. The first-order valence-corrected chi connectivity index (χ1v) is 6.19. The lowest BCUT2D eigenvalue weighted by atomic mass is 10.2. The zero-order chi connectivity index (χ0) is 13.1. The van der Waals surface area contributed by atoms with E-state index < -0.39 is 0 Å². The third kappa shape index (κ3) is 2.81. The highest BCUT2D eigenvalue weighted by atomic mass is 35.5. The molecule has 2 aromatic rings. The number of hydrogen-bond acceptors (Lipinski definition) is 2. The third-order valence-corrected chi connectivity index (χ3v) is 2.96. The van der Waals surface area contributed by atoms with Gasteiger partial charge in [-0.3, -0.25) is 0 Å². The Bertz CT molecular complexity index is 598. The van der Waals surface area contributed by atoms with Crippen LogP contribution in [0.15, 0.2) is 42.5 Å². The van der Waals surface area contributed by atoms with Crippen LogP contribution in [0.1, 0.15) is 11.1 Å². The van der Waals surface area contributed by atoms with Crippen molar-refractivity contribution in [3.63, 3.8) is 0 Å². The van der Waals surface area contributed by atoms with Gasteiger partial charge in [-0.05, 0) is 42.8 Å². The summed E-state index contributed by atoms with van der Waals surface area (Å²) in [6.07, 6.45) is 0. The number of rotatable bonds is 3. The van der Waals surface area contributed by atoms with Gasteiger partial charge in [0.25, 0.3) is 0 Å². The number of hydrogen-bond donors (Lipinski definition) is 1. The molecule has 0 atom stereocenters. The summed E-state index contributed by atoms with van der Waals surface area (Å²) in [5.41, 5.74) is 7.34. The van der Waals surface area contributed by atoms with E-state index in [0.29, 0.717) is 15.8 Å². The summed E-state index contributed by atoms with van der Waals surface area (Å²) in [6, 6.07) is 12.9. The summed E-state index contributed by atoms with van der Waals surface area (Å²) in [5.74, 6) is 1.39. The molecule has 0 saturated carbocycles. The number of para-hydroxylation sites is 1. The van der Waals surface area contributed by atoms with E-state index >= 15 is 0 Å². The Morgan fingerprint density at radius 2 is 1.89 bits per heavy atom. The van der Waals surface area contributed by atoms with Crippen LogP contribution in [-0.2, 0) is 0 Å². The van der Waals surface area contributed by atoms with Crippen molar-refractivity contribution in [3.8, 4) is 11.5 Å². The molecule has 0 aliphatic heterocycles. The predicted octanol–water partition coefficient (Wildman–Crippen LogP) is 4.07. The zero-order valence-corrected chi connectivity index (χ0v) is 11.4. The average Bonchev–Trinajstić information content (AvgIpc) is 2.33. The van der Waals surface area contributed by atoms with Gasteiger partial charge in [-0.15, -0.1) is 0 Å². The lowest BCUT2D eigenvalue weighted by molar-refractivity contribution is 0.478. The lowest BCUT2D eigenvalue weighted by Gasteiger charge is -2.12. The normalized spacial score (nSPS) is 10.1. The second-order valence-corrected chi connectivity index (χ2v) is 4.75. The van der Waals surface area contributed by atoms with Crippen molar-refractivity contribution in [2.24, 2.45) is 5.73 Å². The van der Waals surface area contributed by atoms with Crippen LogP contribution in [0, 0.1) is 6.92 Å². The van der Waals surface area contributed by atoms with Gasteiger partial charge in [0.15, 0.2) is 0 Å². The lowest BCUT2D eigenvalue weighted by Crippen LogP contribution is -2.10. The number of thiocarbonyl (C=S) groups is 1. The summed E-state index contributed by atoms with van der Waals surface area (Å²) in [7, 11) is 0. The number of aryl methyl sites for hydroxylation is 1. The maximum absolute atomic E-state index is 5.91.